The van der Waals surface area contributed by atoms with Gasteiger partial charge in [-0.05, 0) is 50.6 Å². The van der Waals surface area contributed by atoms with Gasteiger partial charge in [0.15, 0.2) is 17.3 Å². The fraction of sp³-hybridized carbons (Fsp3) is 0.417. The van der Waals surface area contributed by atoms with E-state index in [4.69, 9.17) is 18.9 Å². The molecule has 0 radical (unpaired) electrons. The number of benzene rings is 2. The van der Waals surface area contributed by atoms with Crippen molar-refractivity contribution in [2.24, 2.45) is 0 Å². The third-order valence-corrected chi connectivity index (χ3v) is 7.94. The summed E-state index contributed by atoms with van der Waals surface area (Å²) in [5.41, 5.74) is 1.70. The van der Waals surface area contributed by atoms with Gasteiger partial charge in [-0.3, -0.25) is 0 Å². The molecule has 2 heterocycles. The maximum atomic E-state index is 13.9. The summed E-state index contributed by atoms with van der Waals surface area (Å²) in [7, 11) is -3.93. The number of nitrogens with zero attached hydrogens (tertiary/aromatic N) is 1. The lowest BCUT2D eigenvalue weighted by molar-refractivity contribution is -0.153. The lowest BCUT2D eigenvalue weighted by atomic mass is 9.94. The van der Waals surface area contributed by atoms with Crippen molar-refractivity contribution < 1.29 is 32.5 Å². The Morgan fingerprint density at radius 1 is 1.00 bits per heavy atom. The second kappa shape index (κ2) is 8.11. The second-order valence-electron chi connectivity index (χ2n) is 8.98. The van der Waals surface area contributed by atoms with Gasteiger partial charge in [0.1, 0.15) is 18.3 Å². The van der Waals surface area contributed by atoms with Crippen molar-refractivity contribution in [1.82, 2.24) is 4.31 Å². The standard InChI is InChI=1S/C24H27NO7S/c1-15-4-7-17(8-5-15)33(27,28)25(13-16-6-11-20-21(12-16)30-14-29-20)18-9-10-19(26)23-22(18)31-24(2,3)32-23/h4-12,18-19,22-23,26H,13-14H2,1-3H3/t18-,19+,22+,23-/m1/s1. The van der Waals surface area contributed by atoms with Crippen molar-refractivity contribution >= 4 is 10.0 Å². The van der Waals surface area contributed by atoms with Gasteiger partial charge in [-0.15, -0.1) is 0 Å². The normalized spacial score (nSPS) is 27.7. The SMILES string of the molecule is Cc1ccc(S(=O)(=O)N(Cc2ccc3c(c2)OCO3)[C@@H]2C=C[C@H](O)[C@H]3OC(C)(C)O[C@H]32)cc1. The largest absolute Gasteiger partial charge is 0.454 e. The van der Waals surface area contributed by atoms with Crippen LogP contribution in [0.5, 0.6) is 11.5 Å². The summed E-state index contributed by atoms with van der Waals surface area (Å²) in [5.74, 6) is 0.259. The molecule has 9 heteroatoms. The van der Waals surface area contributed by atoms with Gasteiger partial charge in [0.25, 0.3) is 0 Å². The van der Waals surface area contributed by atoms with Gasteiger partial charge in [0.2, 0.25) is 16.8 Å². The number of aliphatic hydroxyl groups excluding tert-OH is 1. The summed E-state index contributed by atoms with van der Waals surface area (Å²) in [6, 6.07) is 11.4. The summed E-state index contributed by atoms with van der Waals surface area (Å²) in [5, 5.41) is 10.5. The van der Waals surface area contributed by atoms with Crippen LogP contribution in [0.15, 0.2) is 59.5 Å². The molecule has 0 aromatic heterocycles. The van der Waals surface area contributed by atoms with Crippen molar-refractivity contribution in [3.63, 3.8) is 0 Å². The fourth-order valence-electron chi connectivity index (χ4n) is 4.47. The van der Waals surface area contributed by atoms with Crippen molar-refractivity contribution in [2.75, 3.05) is 6.79 Å². The highest BCUT2D eigenvalue weighted by Gasteiger charge is 2.52. The Morgan fingerprint density at radius 3 is 2.45 bits per heavy atom. The first-order valence-electron chi connectivity index (χ1n) is 10.8. The van der Waals surface area contributed by atoms with Crippen LogP contribution in [0.2, 0.25) is 0 Å². The van der Waals surface area contributed by atoms with Crippen LogP contribution in [0.1, 0.15) is 25.0 Å². The molecule has 2 aliphatic heterocycles. The molecule has 8 nitrogen and oxygen atoms in total. The van der Waals surface area contributed by atoms with Crippen LogP contribution >= 0.6 is 0 Å². The van der Waals surface area contributed by atoms with Gasteiger partial charge >= 0.3 is 0 Å². The second-order valence-corrected chi connectivity index (χ2v) is 10.9. The molecule has 0 amide bonds. The van der Waals surface area contributed by atoms with E-state index in [1.807, 2.05) is 13.0 Å². The molecule has 5 rings (SSSR count). The zero-order chi connectivity index (χ0) is 23.4. The fourth-order valence-corrected chi connectivity index (χ4v) is 6.05. The summed E-state index contributed by atoms with van der Waals surface area (Å²) in [4.78, 5) is 0.183. The number of sulfonamides is 1. The first-order valence-corrected chi connectivity index (χ1v) is 12.3. The molecule has 0 bridgehead atoms. The van der Waals surface area contributed by atoms with E-state index in [9.17, 15) is 13.5 Å². The maximum Gasteiger partial charge on any atom is 0.244 e. The van der Waals surface area contributed by atoms with Crippen LogP contribution < -0.4 is 9.47 Å². The molecule has 1 aliphatic carbocycles. The third kappa shape index (κ3) is 4.15. The molecule has 1 saturated heterocycles. The molecule has 0 saturated carbocycles. The summed E-state index contributed by atoms with van der Waals surface area (Å²) in [6.45, 7) is 5.63. The van der Waals surface area contributed by atoms with E-state index in [0.717, 1.165) is 11.1 Å². The lowest BCUT2D eigenvalue weighted by Crippen LogP contribution is -2.53. The molecule has 2 aromatic carbocycles. The number of fused-ring (bicyclic) bond motifs is 2. The van der Waals surface area contributed by atoms with Crippen LogP contribution in [0, 0.1) is 6.92 Å². The molecule has 1 fully saturated rings. The molecule has 2 aromatic rings. The van der Waals surface area contributed by atoms with Gasteiger partial charge in [-0.25, -0.2) is 8.42 Å². The number of hydrogen-bond donors (Lipinski definition) is 1. The molecular formula is C24H27NO7S. The Hall–Kier alpha value is -2.43. The molecular weight excluding hydrogens is 446 g/mol. The van der Waals surface area contributed by atoms with Crippen LogP contribution in [0.4, 0.5) is 0 Å². The molecule has 4 atom stereocenters. The van der Waals surface area contributed by atoms with Crippen molar-refractivity contribution in [1.29, 1.82) is 0 Å². The van der Waals surface area contributed by atoms with E-state index in [0.29, 0.717) is 11.5 Å². The summed E-state index contributed by atoms with van der Waals surface area (Å²) < 4.78 is 52.0. The number of aryl methyl sites for hydroxylation is 1. The average Bonchev–Trinajstić information content (AvgIpc) is 3.36. The Bertz CT molecular complexity index is 1180. The minimum atomic E-state index is -3.93. The summed E-state index contributed by atoms with van der Waals surface area (Å²) >= 11 is 0. The molecule has 176 valence electrons. The topological polar surface area (TPSA) is 94.5 Å². The predicted octanol–water partition coefficient (Wildman–Crippen LogP) is 2.73. The van der Waals surface area contributed by atoms with Gasteiger partial charge in [0, 0.05) is 6.54 Å². The Morgan fingerprint density at radius 2 is 1.70 bits per heavy atom. The zero-order valence-corrected chi connectivity index (χ0v) is 19.5. The maximum absolute atomic E-state index is 13.9. The van der Waals surface area contributed by atoms with Crippen molar-refractivity contribution in [2.45, 2.75) is 62.4 Å². The molecule has 33 heavy (non-hydrogen) atoms. The number of rotatable bonds is 5. The van der Waals surface area contributed by atoms with E-state index < -0.39 is 40.2 Å². The molecule has 1 N–H and O–H groups in total. The lowest BCUT2D eigenvalue weighted by Gasteiger charge is -2.37. The van der Waals surface area contributed by atoms with Crippen molar-refractivity contribution in [3.05, 3.63) is 65.7 Å². The van der Waals surface area contributed by atoms with Gasteiger partial charge < -0.3 is 24.1 Å². The predicted molar refractivity (Wildman–Crippen MR) is 119 cm³/mol. The molecule has 0 unspecified atom stereocenters. The van der Waals surface area contributed by atoms with Crippen molar-refractivity contribution in [3.8, 4) is 11.5 Å². The minimum Gasteiger partial charge on any atom is -0.454 e. The van der Waals surface area contributed by atoms with Gasteiger partial charge in [-0.1, -0.05) is 35.9 Å². The first-order chi connectivity index (χ1) is 15.6. The minimum absolute atomic E-state index is 0.0744. The van der Waals surface area contributed by atoms with E-state index >= 15 is 0 Å². The monoisotopic (exact) mass is 473 g/mol. The Labute approximate surface area is 193 Å². The highest BCUT2D eigenvalue weighted by molar-refractivity contribution is 7.89. The van der Waals surface area contributed by atoms with E-state index in [2.05, 4.69) is 0 Å². The number of aliphatic hydroxyl groups is 1. The van der Waals surface area contributed by atoms with Crippen LogP contribution in [0.25, 0.3) is 0 Å². The number of ether oxygens (including phenoxy) is 4. The quantitative estimate of drug-likeness (QED) is 0.668. The van der Waals surface area contributed by atoms with Crippen LogP contribution in [-0.2, 0) is 26.0 Å². The van der Waals surface area contributed by atoms with Crippen LogP contribution in [0.3, 0.4) is 0 Å². The smallest absolute Gasteiger partial charge is 0.244 e. The molecule has 3 aliphatic rings. The van der Waals surface area contributed by atoms with E-state index in [-0.39, 0.29) is 18.2 Å². The summed E-state index contributed by atoms with van der Waals surface area (Å²) in [6.07, 6.45) is 1.03. The zero-order valence-electron chi connectivity index (χ0n) is 18.7. The van der Waals surface area contributed by atoms with E-state index in [1.165, 1.54) is 4.31 Å². The van der Waals surface area contributed by atoms with Gasteiger partial charge in [-0.2, -0.15) is 4.31 Å². The average molecular weight is 474 g/mol. The third-order valence-electron chi connectivity index (χ3n) is 6.08. The number of hydrogen-bond acceptors (Lipinski definition) is 7. The first kappa shape index (κ1) is 22.4. The Balaban J connectivity index is 1.56. The molecule has 0 spiro atoms. The highest BCUT2D eigenvalue weighted by Crippen LogP contribution is 2.39. The van der Waals surface area contributed by atoms with Gasteiger partial charge in [0.05, 0.1) is 10.9 Å². The van der Waals surface area contributed by atoms with Crippen LogP contribution in [-0.4, -0.2) is 54.8 Å². The van der Waals surface area contributed by atoms with E-state index in [1.54, 1.807) is 62.4 Å². The Kier molecular flexibility index (Phi) is 5.49. The highest BCUT2D eigenvalue weighted by atomic mass is 32.2.